The number of thiophene rings is 1. The van der Waals surface area contributed by atoms with E-state index in [1.165, 1.54) is 11.3 Å². The first-order valence-electron chi connectivity index (χ1n) is 8.02. The number of nitrogens with zero attached hydrogens (tertiary/aromatic N) is 2. The Labute approximate surface area is 151 Å². The highest BCUT2D eigenvalue weighted by molar-refractivity contribution is 7.92. The number of rotatable bonds is 8. The SMILES string of the molecule is CCCCS(=O)(=O)Nc1ccccc1Cc1nc(-c2cccs2)no1. The van der Waals surface area contributed by atoms with E-state index >= 15 is 0 Å². The molecule has 2 aromatic heterocycles. The number of anilines is 1. The third-order valence-electron chi connectivity index (χ3n) is 3.60. The fraction of sp³-hybridized carbons (Fsp3) is 0.294. The lowest BCUT2D eigenvalue weighted by molar-refractivity contribution is 0.386. The first-order chi connectivity index (χ1) is 12.1. The van der Waals surface area contributed by atoms with Crippen molar-refractivity contribution in [2.75, 3.05) is 10.5 Å². The van der Waals surface area contributed by atoms with Gasteiger partial charge in [-0.2, -0.15) is 4.98 Å². The van der Waals surface area contributed by atoms with Gasteiger partial charge in [-0.1, -0.05) is 42.8 Å². The molecule has 1 aromatic carbocycles. The fourth-order valence-corrected chi connectivity index (χ4v) is 4.28. The van der Waals surface area contributed by atoms with E-state index in [9.17, 15) is 8.42 Å². The number of hydrogen-bond acceptors (Lipinski definition) is 6. The minimum absolute atomic E-state index is 0.112. The summed E-state index contributed by atoms with van der Waals surface area (Å²) in [5.74, 6) is 1.11. The van der Waals surface area contributed by atoms with Gasteiger partial charge >= 0.3 is 0 Å². The molecule has 0 spiro atoms. The monoisotopic (exact) mass is 377 g/mol. The van der Waals surface area contributed by atoms with Crippen molar-refractivity contribution in [2.24, 2.45) is 0 Å². The van der Waals surface area contributed by atoms with Crippen LogP contribution in [0.4, 0.5) is 5.69 Å². The number of aromatic nitrogens is 2. The summed E-state index contributed by atoms with van der Waals surface area (Å²) in [6.45, 7) is 1.96. The highest BCUT2D eigenvalue weighted by Crippen LogP contribution is 2.24. The molecule has 0 atom stereocenters. The molecule has 0 bridgehead atoms. The second-order valence-corrected chi connectivity index (χ2v) is 8.39. The topological polar surface area (TPSA) is 85.1 Å². The highest BCUT2D eigenvalue weighted by atomic mass is 32.2. The maximum Gasteiger partial charge on any atom is 0.232 e. The summed E-state index contributed by atoms with van der Waals surface area (Å²) in [6.07, 6.45) is 1.83. The Bertz CT molecular complexity index is 918. The van der Waals surface area contributed by atoms with Gasteiger partial charge in [-0.05, 0) is 29.5 Å². The molecule has 25 heavy (non-hydrogen) atoms. The van der Waals surface area contributed by atoms with Gasteiger partial charge in [0.1, 0.15) is 0 Å². The molecule has 0 aliphatic carbocycles. The van der Waals surface area contributed by atoms with E-state index in [0.29, 0.717) is 30.2 Å². The van der Waals surface area contributed by atoms with Crippen molar-refractivity contribution in [3.8, 4) is 10.7 Å². The number of nitrogens with one attached hydrogen (secondary N) is 1. The van der Waals surface area contributed by atoms with Crippen LogP contribution in [-0.2, 0) is 16.4 Å². The predicted molar refractivity (Wildman–Crippen MR) is 99.2 cm³/mol. The maximum atomic E-state index is 12.2. The van der Waals surface area contributed by atoms with Crippen molar-refractivity contribution in [3.05, 3.63) is 53.2 Å². The average molecular weight is 377 g/mol. The standard InChI is InChI=1S/C17H19N3O3S2/c1-2-3-11-25(21,22)20-14-8-5-4-7-13(14)12-16-18-17(19-23-16)15-9-6-10-24-15/h4-10,20H,2-3,11-12H2,1H3. The summed E-state index contributed by atoms with van der Waals surface area (Å²) in [6, 6.07) is 11.1. The normalized spacial score (nSPS) is 11.6. The minimum atomic E-state index is -3.36. The van der Waals surface area contributed by atoms with E-state index < -0.39 is 10.0 Å². The molecular weight excluding hydrogens is 358 g/mol. The van der Waals surface area contributed by atoms with Gasteiger partial charge in [-0.15, -0.1) is 11.3 Å². The van der Waals surface area contributed by atoms with Crippen LogP contribution in [0.15, 0.2) is 46.3 Å². The third kappa shape index (κ3) is 4.67. The predicted octanol–water partition coefficient (Wildman–Crippen LogP) is 3.93. The molecule has 0 aliphatic heterocycles. The van der Waals surface area contributed by atoms with Crippen molar-refractivity contribution in [3.63, 3.8) is 0 Å². The number of unbranched alkanes of at least 4 members (excludes halogenated alkanes) is 1. The van der Waals surface area contributed by atoms with E-state index in [0.717, 1.165) is 16.9 Å². The number of benzene rings is 1. The van der Waals surface area contributed by atoms with Gasteiger partial charge in [0, 0.05) is 0 Å². The molecule has 0 radical (unpaired) electrons. The fourth-order valence-electron chi connectivity index (χ4n) is 2.32. The molecule has 8 heteroatoms. The van der Waals surface area contributed by atoms with Gasteiger partial charge in [0.15, 0.2) is 0 Å². The molecule has 0 unspecified atom stereocenters. The van der Waals surface area contributed by atoms with Crippen molar-refractivity contribution < 1.29 is 12.9 Å². The lowest BCUT2D eigenvalue weighted by atomic mass is 10.1. The Hall–Kier alpha value is -2.19. The molecule has 2 heterocycles. The molecule has 0 saturated heterocycles. The van der Waals surface area contributed by atoms with Crippen LogP contribution < -0.4 is 4.72 Å². The molecule has 0 amide bonds. The Morgan fingerprint density at radius 1 is 1.20 bits per heavy atom. The zero-order chi connectivity index (χ0) is 17.7. The van der Waals surface area contributed by atoms with Gasteiger partial charge in [0.05, 0.1) is 22.7 Å². The lowest BCUT2D eigenvalue weighted by Crippen LogP contribution is -2.17. The second kappa shape index (κ2) is 7.79. The van der Waals surface area contributed by atoms with Crippen LogP contribution in [0.25, 0.3) is 10.7 Å². The Morgan fingerprint density at radius 2 is 2.04 bits per heavy atom. The van der Waals surface area contributed by atoms with Crippen molar-refractivity contribution in [2.45, 2.75) is 26.2 Å². The van der Waals surface area contributed by atoms with Gasteiger partial charge < -0.3 is 4.52 Å². The van der Waals surface area contributed by atoms with Crippen LogP contribution in [0.3, 0.4) is 0 Å². The highest BCUT2D eigenvalue weighted by Gasteiger charge is 2.15. The average Bonchev–Trinajstić information content (AvgIpc) is 3.26. The van der Waals surface area contributed by atoms with E-state index in [2.05, 4.69) is 14.9 Å². The minimum Gasteiger partial charge on any atom is -0.339 e. The largest absolute Gasteiger partial charge is 0.339 e. The van der Waals surface area contributed by atoms with Crippen LogP contribution in [0.2, 0.25) is 0 Å². The summed E-state index contributed by atoms with van der Waals surface area (Å²) >= 11 is 1.54. The van der Waals surface area contributed by atoms with Gasteiger partial charge in [-0.3, -0.25) is 4.72 Å². The summed E-state index contributed by atoms with van der Waals surface area (Å²) < 4.78 is 32.3. The van der Waals surface area contributed by atoms with Crippen LogP contribution in [0.1, 0.15) is 31.2 Å². The molecule has 0 fully saturated rings. The van der Waals surface area contributed by atoms with Crippen LogP contribution in [0, 0.1) is 0 Å². The summed E-state index contributed by atoms with van der Waals surface area (Å²) in [4.78, 5) is 5.32. The van der Waals surface area contributed by atoms with Gasteiger partial charge in [-0.25, -0.2) is 8.42 Å². The summed E-state index contributed by atoms with van der Waals surface area (Å²) in [5.41, 5.74) is 1.35. The second-order valence-electron chi connectivity index (χ2n) is 5.60. The Morgan fingerprint density at radius 3 is 2.80 bits per heavy atom. The quantitative estimate of drug-likeness (QED) is 0.643. The van der Waals surface area contributed by atoms with E-state index in [4.69, 9.17) is 4.52 Å². The third-order valence-corrected chi connectivity index (χ3v) is 5.82. The van der Waals surface area contributed by atoms with Gasteiger partial charge in [0.2, 0.25) is 21.7 Å². The van der Waals surface area contributed by atoms with E-state index in [1.807, 2.05) is 36.6 Å². The van der Waals surface area contributed by atoms with Crippen molar-refractivity contribution in [1.29, 1.82) is 0 Å². The maximum absolute atomic E-state index is 12.2. The number of para-hydroxylation sites is 1. The zero-order valence-electron chi connectivity index (χ0n) is 13.8. The van der Waals surface area contributed by atoms with Crippen molar-refractivity contribution in [1.82, 2.24) is 10.1 Å². The molecular formula is C17H19N3O3S2. The molecule has 0 aliphatic rings. The number of hydrogen-bond donors (Lipinski definition) is 1. The number of sulfonamides is 1. The summed E-state index contributed by atoms with van der Waals surface area (Å²) in [5, 5.41) is 5.94. The smallest absolute Gasteiger partial charge is 0.232 e. The zero-order valence-corrected chi connectivity index (χ0v) is 15.4. The van der Waals surface area contributed by atoms with Crippen molar-refractivity contribution >= 4 is 27.0 Å². The first kappa shape index (κ1) is 17.6. The lowest BCUT2D eigenvalue weighted by Gasteiger charge is -2.11. The molecule has 0 saturated carbocycles. The molecule has 3 rings (SSSR count). The Kier molecular flexibility index (Phi) is 5.50. The Balaban J connectivity index is 1.77. The summed E-state index contributed by atoms with van der Waals surface area (Å²) in [7, 11) is -3.36. The van der Waals surface area contributed by atoms with Crippen LogP contribution in [0.5, 0.6) is 0 Å². The first-order valence-corrected chi connectivity index (χ1v) is 10.6. The van der Waals surface area contributed by atoms with Crippen LogP contribution in [-0.4, -0.2) is 24.3 Å². The molecule has 1 N–H and O–H groups in total. The van der Waals surface area contributed by atoms with Crippen LogP contribution >= 0.6 is 11.3 Å². The van der Waals surface area contributed by atoms with E-state index in [-0.39, 0.29) is 5.75 Å². The van der Waals surface area contributed by atoms with Gasteiger partial charge in [0.25, 0.3) is 0 Å². The molecule has 6 nitrogen and oxygen atoms in total. The molecule has 3 aromatic rings. The molecule has 132 valence electrons. The van der Waals surface area contributed by atoms with E-state index in [1.54, 1.807) is 12.1 Å².